The normalized spacial score (nSPS) is 25.5. The summed E-state index contributed by atoms with van der Waals surface area (Å²) in [4.78, 5) is 0. The molecule has 8 aliphatic rings. The molecule has 0 radical (unpaired) electrons. The summed E-state index contributed by atoms with van der Waals surface area (Å²) in [5.41, 5.74) is -8.73. The van der Waals surface area contributed by atoms with Crippen molar-refractivity contribution in [2.24, 2.45) is 176 Å². The lowest BCUT2D eigenvalue weighted by atomic mass is 9.56. The van der Waals surface area contributed by atoms with Crippen LogP contribution >= 0.6 is 0 Å². The molecule has 0 nitrogen and oxygen atoms in total. The van der Waals surface area contributed by atoms with E-state index >= 15 is 0 Å². The van der Waals surface area contributed by atoms with Gasteiger partial charge in [0.1, 0.15) is 0 Å². The zero-order valence-corrected chi connectivity index (χ0v) is 95.1. The van der Waals surface area contributed by atoms with E-state index in [1.807, 2.05) is 55.4 Å². The largest absolute Gasteiger partial charge is 0.403 e. The lowest BCUT2D eigenvalue weighted by Gasteiger charge is -2.49. The van der Waals surface area contributed by atoms with Gasteiger partial charge in [0.15, 0.2) is 10.8 Å². The molecule has 8 fully saturated rings. The van der Waals surface area contributed by atoms with Crippen molar-refractivity contribution < 1.29 is 132 Å². The first-order valence-electron chi connectivity index (χ1n) is 51.6. The van der Waals surface area contributed by atoms with Gasteiger partial charge in [0.25, 0.3) is 0 Å². The van der Waals surface area contributed by atoms with Crippen LogP contribution in [0, 0.1) is 176 Å². The molecule has 2 bridgehead atoms. The molecular weight excluding hydrogens is 1890 g/mol. The number of hydrogen-bond acceptors (Lipinski definition) is 0. The van der Waals surface area contributed by atoms with Gasteiger partial charge in [-0.05, 0) is 234 Å². The molecule has 0 aliphatic heterocycles. The molecule has 0 aromatic carbocycles. The van der Waals surface area contributed by atoms with Gasteiger partial charge in [0, 0.05) is 0 Å². The van der Waals surface area contributed by atoms with Crippen molar-refractivity contribution in [2.75, 3.05) is 0 Å². The van der Waals surface area contributed by atoms with Crippen LogP contribution in [-0.4, -0.2) is 61.8 Å². The van der Waals surface area contributed by atoms with Crippen LogP contribution < -0.4 is 0 Å². The third-order valence-corrected chi connectivity index (χ3v) is 36.9. The zero-order chi connectivity index (χ0) is 114. The fourth-order valence-corrected chi connectivity index (χ4v) is 18.2. The van der Waals surface area contributed by atoms with Gasteiger partial charge in [-0.15, -0.1) is 0 Å². The van der Waals surface area contributed by atoms with Crippen LogP contribution in [0.15, 0.2) is 0 Å². The van der Waals surface area contributed by atoms with Gasteiger partial charge in [0.2, 0.25) is 0 Å². The van der Waals surface area contributed by atoms with Gasteiger partial charge in [-0.1, -0.05) is 363 Å². The van der Waals surface area contributed by atoms with Crippen LogP contribution in [0.25, 0.3) is 0 Å². The monoisotopic (exact) mass is 2090 g/mol. The van der Waals surface area contributed by atoms with Crippen molar-refractivity contribution in [3.05, 3.63) is 0 Å². The maximum Gasteiger partial charge on any atom is 0.403 e. The van der Waals surface area contributed by atoms with Crippen molar-refractivity contribution in [3.63, 3.8) is 0 Å². The van der Waals surface area contributed by atoms with Crippen molar-refractivity contribution in [1.29, 1.82) is 0 Å². The Balaban J connectivity index is -0.000000475. The van der Waals surface area contributed by atoms with Gasteiger partial charge in [-0.25, -0.2) is 0 Å². The number of halogens is 30. The van der Waals surface area contributed by atoms with Crippen LogP contribution in [0.2, 0.25) is 0 Å². The second-order valence-corrected chi connectivity index (χ2v) is 53.6. The summed E-state index contributed by atoms with van der Waals surface area (Å²) in [7, 11) is 0. The van der Waals surface area contributed by atoms with Crippen molar-refractivity contribution >= 4 is 0 Å². The molecule has 10 atom stereocenters. The van der Waals surface area contributed by atoms with Crippen LogP contribution in [0.1, 0.15) is 466 Å². The van der Waals surface area contributed by atoms with Crippen molar-refractivity contribution in [2.45, 2.75) is 527 Å². The Kier molecular flexibility index (Phi) is 56.2. The molecule has 4 unspecified atom stereocenters. The topological polar surface area (TPSA) is 0 Å². The molecule has 0 N–H and O–H groups in total. The summed E-state index contributed by atoms with van der Waals surface area (Å²) in [5.74, 6) is -0.848. The van der Waals surface area contributed by atoms with Crippen molar-refractivity contribution in [1.82, 2.24) is 0 Å². The van der Waals surface area contributed by atoms with E-state index in [0.29, 0.717) is 76.9 Å². The number of fused-ring (bicyclic) bond motifs is 3. The fraction of sp³-hybridized carbons (Fsp3) is 1.00. The predicted molar refractivity (Wildman–Crippen MR) is 520 cm³/mol. The summed E-state index contributed by atoms with van der Waals surface area (Å²) in [5, 5.41) is 0. The van der Waals surface area contributed by atoms with Crippen LogP contribution in [0.4, 0.5) is 132 Å². The standard InChI is InChI=1S/C11H24.C10H19F3.C10H18.C10H22.2C9H12F6.C9H15F3.C9H17F3.C9H20.2C8H13F3.C8H15F3/c1-9(2,3)11(7,8)10(4,5)6;1-7(8(2,3)4)9(5,6)10(11,12)13;1-8-7-9-3-5-10(8,2)6-4-9;1-8(2)10(6,7)9(3,4)5;1-6-2-4-7(5-3-6,8(10,11)12)9(13,14)15;1-6-4-2-3-5-7(6,8(10,11)12)9(13,14)15;1-6-4-3-5-8(7(6)2)9(10,11)12;1-6(2)8(4,5)7(3)9(10,11)12;1-7(2)8(3)9(4,5)6;1-6-2-4-7(5-3-6)8(9,10)11;1-6-3-2-4-7(5-6)8(9,10)11;1-6(2,3)7(4,5)8(9,10)11/h1-8H3;7H,1-6H3;8-9H,3-7H2,1-2H3;8H,1-7H3;2*6H,2-5H2,1H3;6-8H,3-5H2,1-2H3;6-7H,1-5H3;7-8H,1-6H3;2*6-7H,2-5H2,1H3;1-5H3/t;7-;8-,9?,10?;;;6-;6?,7-,8?;;8-;;6-,7?;/m.10..11.1.1./s1. The van der Waals surface area contributed by atoms with Gasteiger partial charge < -0.3 is 0 Å². The Bertz CT molecular complexity index is 3190. The highest BCUT2D eigenvalue weighted by atomic mass is 19.5. The molecule has 8 aliphatic carbocycles. The molecule has 140 heavy (non-hydrogen) atoms. The summed E-state index contributed by atoms with van der Waals surface area (Å²) < 4.78 is 372. The van der Waals surface area contributed by atoms with Gasteiger partial charge in [0.05, 0.1) is 34.5 Å². The van der Waals surface area contributed by atoms with E-state index in [0.717, 1.165) is 80.5 Å². The predicted octanol–water partition coefficient (Wildman–Crippen LogP) is 45.1. The fourth-order valence-electron chi connectivity index (χ4n) is 18.2. The highest BCUT2D eigenvalue weighted by Gasteiger charge is 2.73. The van der Waals surface area contributed by atoms with Gasteiger partial charge in [-0.3, -0.25) is 0 Å². The lowest BCUT2D eigenvalue weighted by Crippen LogP contribution is -2.55. The summed E-state index contributed by atoms with van der Waals surface area (Å²) in [6.07, 6.45) is -32.9. The zero-order valence-electron chi connectivity index (χ0n) is 95.1. The van der Waals surface area contributed by atoms with E-state index in [1.165, 1.54) is 66.7 Å². The highest BCUT2D eigenvalue weighted by molar-refractivity contribution is 5.01. The maximum atomic E-state index is 12.6. The minimum Gasteiger partial charge on any atom is -0.171 e. The van der Waals surface area contributed by atoms with E-state index in [-0.39, 0.29) is 60.7 Å². The van der Waals surface area contributed by atoms with E-state index in [4.69, 9.17) is 0 Å². The van der Waals surface area contributed by atoms with E-state index in [9.17, 15) is 132 Å². The van der Waals surface area contributed by atoms with Crippen LogP contribution in [0.5, 0.6) is 0 Å². The molecule has 30 heteroatoms. The van der Waals surface area contributed by atoms with E-state index in [1.54, 1.807) is 55.4 Å². The highest BCUT2D eigenvalue weighted by Crippen LogP contribution is 2.63. The molecule has 0 aromatic rings. The van der Waals surface area contributed by atoms with E-state index < -0.39 is 149 Å². The molecule has 8 saturated carbocycles. The quantitative estimate of drug-likeness (QED) is 0.241. The first kappa shape index (κ1) is 146. The summed E-state index contributed by atoms with van der Waals surface area (Å²) in [6.45, 7) is 89.1. The van der Waals surface area contributed by atoms with Crippen LogP contribution in [-0.2, 0) is 0 Å². The average Bonchev–Trinajstić information content (AvgIpc) is 0.735. The molecule has 0 amide bonds. The maximum absolute atomic E-state index is 12.6. The number of hydrogen-bond donors (Lipinski definition) is 0. The molecular formula is C110H200F30. The molecule has 0 heterocycles. The van der Waals surface area contributed by atoms with E-state index in [2.05, 4.69) is 159 Å². The Morgan fingerprint density at radius 2 is 0.650 bits per heavy atom. The molecule has 0 aromatic heterocycles. The molecule has 8 rings (SSSR count). The molecule has 850 valence electrons. The minimum atomic E-state index is -5.20. The Labute approximate surface area is 832 Å². The number of alkyl halides is 30. The Morgan fingerprint density at radius 3 is 0.836 bits per heavy atom. The summed E-state index contributed by atoms with van der Waals surface area (Å²) >= 11 is 0. The summed E-state index contributed by atoms with van der Waals surface area (Å²) in [6, 6.07) is 0. The van der Waals surface area contributed by atoms with Crippen LogP contribution in [0.3, 0.4) is 0 Å². The molecule has 0 spiro atoms. The second kappa shape index (κ2) is 53.7. The number of rotatable bonds is 5. The van der Waals surface area contributed by atoms with Gasteiger partial charge >= 0.3 is 61.8 Å². The van der Waals surface area contributed by atoms with Gasteiger partial charge in [-0.2, -0.15) is 132 Å². The Morgan fingerprint density at radius 1 is 0.279 bits per heavy atom. The lowest BCUT2D eigenvalue weighted by molar-refractivity contribution is -0.364. The third kappa shape index (κ3) is 45.2. The SMILES string of the molecule is CC(C)(C)C(C)(C)C(C)(C)C.CC(C)(C)C(C)(C)C(F)(F)F.CC(C)C(C)(C)C(C)(C)C.CC(C)C(C)(C)C(C)C(F)(F)F.CC(C)[C@@H](C)C(C)(C)C.CC1CCC(C(F)(F)F)(C(F)(F)F)CC1.CC1CCC(C(F)(F)F)CC1.CC1CCCC(C(F)(F)F)[C@@H]1C.C[C@@H]1CCCC(C(F)(F)F)C1.C[C@@H]1CCCCC1(C(F)(F)F)C(F)(F)F.C[C@H](C(C)(C)C)C(C)(C)C(F)(F)F.C[C@H]1CC2CCC1(C)CC2. The first-order valence-corrected chi connectivity index (χ1v) is 51.6. The minimum absolute atomic E-state index is 0.0106. The second-order valence-electron chi connectivity index (χ2n) is 53.6. The average molecular weight is 2090 g/mol. The first-order chi connectivity index (χ1) is 60.9. The third-order valence-electron chi connectivity index (χ3n) is 36.9. The Hall–Kier alpha value is -2.10. The molecule has 0 saturated heterocycles. The smallest absolute Gasteiger partial charge is 0.171 e. The van der Waals surface area contributed by atoms with Crippen molar-refractivity contribution in [3.8, 4) is 0 Å².